The summed E-state index contributed by atoms with van der Waals surface area (Å²) in [4.78, 5) is 10.7. The number of guanidine groups is 1. The highest BCUT2D eigenvalue weighted by Gasteiger charge is 2.06. The molecule has 23 heavy (non-hydrogen) atoms. The summed E-state index contributed by atoms with van der Waals surface area (Å²) in [6, 6.07) is 14.3. The summed E-state index contributed by atoms with van der Waals surface area (Å²) in [6.07, 6.45) is 1.81. The number of rotatable bonds is 5. The van der Waals surface area contributed by atoms with Gasteiger partial charge >= 0.3 is 0 Å². The lowest BCUT2D eigenvalue weighted by Crippen LogP contribution is -2.36. The van der Waals surface area contributed by atoms with E-state index in [9.17, 15) is 0 Å². The summed E-state index contributed by atoms with van der Waals surface area (Å²) in [6.45, 7) is 1.42. The maximum absolute atomic E-state index is 4.40. The Labute approximate surface area is 155 Å². The number of nitrogens with zero attached hydrogens (tertiary/aromatic N) is 3. The quantitative estimate of drug-likeness (QED) is 0.440. The minimum atomic E-state index is 0. The van der Waals surface area contributed by atoms with Gasteiger partial charge in [-0.25, -0.2) is 4.98 Å². The third-order valence-electron chi connectivity index (χ3n) is 3.26. The zero-order valence-electron chi connectivity index (χ0n) is 13.8. The Balaban J connectivity index is 0.00000264. The van der Waals surface area contributed by atoms with Gasteiger partial charge in [-0.3, -0.25) is 4.99 Å². The number of aromatic nitrogens is 1. The van der Waals surface area contributed by atoms with Crippen LogP contribution in [0, 0.1) is 0 Å². The van der Waals surface area contributed by atoms with Gasteiger partial charge in [-0.1, -0.05) is 36.4 Å². The number of benzene rings is 1. The van der Waals surface area contributed by atoms with Crippen molar-refractivity contribution in [3.8, 4) is 0 Å². The first-order chi connectivity index (χ1) is 10.7. The van der Waals surface area contributed by atoms with Gasteiger partial charge in [0.2, 0.25) is 0 Å². The van der Waals surface area contributed by atoms with Crippen molar-refractivity contribution in [2.75, 3.05) is 26.0 Å². The lowest BCUT2D eigenvalue weighted by Gasteiger charge is -2.17. The lowest BCUT2D eigenvalue weighted by atomic mass is 10.2. The van der Waals surface area contributed by atoms with Gasteiger partial charge < -0.3 is 15.5 Å². The van der Waals surface area contributed by atoms with Gasteiger partial charge in [-0.05, 0) is 11.6 Å². The highest BCUT2D eigenvalue weighted by Crippen LogP contribution is 2.13. The Morgan fingerprint density at radius 2 is 1.74 bits per heavy atom. The molecule has 1 aromatic heterocycles. The number of hydrogen-bond acceptors (Lipinski definition) is 3. The second-order valence-electron chi connectivity index (χ2n) is 5.15. The van der Waals surface area contributed by atoms with E-state index in [1.807, 2.05) is 43.3 Å². The third-order valence-corrected chi connectivity index (χ3v) is 3.26. The van der Waals surface area contributed by atoms with Crippen molar-refractivity contribution in [2.45, 2.75) is 13.1 Å². The van der Waals surface area contributed by atoms with Crippen LogP contribution < -0.4 is 15.5 Å². The molecule has 6 heteroatoms. The lowest BCUT2D eigenvalue weighted by molar-refractivity contribution is 0.804. The molecule has 2 aromatic rings. The Bertz CT molecular complexity index is 613. The fraction of sp³-hybridized carbons (Fsp3) is 0.294. The van der Waals surface area contributed by atoms with Gasteiger partial charge in [0.15, 0.2) is 5.96 Å². The molecule has 2 rings (SSSR count). The van der Waals surface area contributed by atoms with E-state index in [-0.39, 0.29) is 24.0 Å². The number of pyridine rings is 1. The van der Waals surface area contributed by atoms with Crippen LogP contribution in [-0.2, 0) is 13.1 Å². The van der Waals surface area contributed by atoms with E-state index >= 15 is 0 Å². The number of anilines is 1. The van der Waals surface area contributed by atoms with E-state index in [1.165, 1.54) is 5.56 Å². The smallest absolute Gasteiger partial charge is 0.191 e. The normalized spacial score (nSPS) is 10.7. The number of hydrogen-bond donors (Lipinski definition) is 2. The SMILES string of the molecule is CN=C(NCc1ccccc1)NCc1cccnc1N(C)C.I. The summed E-state index contributed by atoms with van der Waals surface area (Å²) in [5.74, 6) is 1.74. The van der Waals surface area contributed by atoms with Crippen LogP contribution in [0.4, 0.5) is 5.82 Å². The summed E-state index contributed by atoms with van der Waals surface area (Å²) < 4.78 is 0. The molecule has 124 valence electrons. The summed E-state index contributed by atoms with van der Waals surface area (Å²) >= 11 is 0. The van der Waals surface area contributed by atoms with Gasteiger partial charge in [0.05, 0.1) is 0 Å². The van der Waals surface area contributed by atoms with Gasteiger partial charge in [0, 0.05) is 46.0 Å². The van der Waals surface area contributed by atoms with Gasteiger partial charge in [0.1, 0.15) is 5.82 Å². The topological polar surface area (TPSA) is 52.6 Å². The van der Waals surface area contributed by atoms with E-state index < -0.39 is 0 Å². The van der Waals surface area contributed by atoms with Crippen LogP contribution in [0.25, 0.3) is 0 Å². The monoisotopic (exact) mass is 425 g/mol. The zero-order valence-corrected chi connectivity index (χ0v) is 16.1. The Morgan fingerprint density at radius 1 is 1.04 bits per heavy atom. The molecule has 0 saturated heterocycles. The van der Waals surface area contributed by atoms with Crippen LogP contribution in [-0.4, -0.2) is 32.1 Å². The van der Waals surface area contributed by atoms with E-state index in [1.54, 1.807) is 13.2 Å². The molecule has 0 aliphatic heterocycles. The van der Waals surface area contributed by atoms with E-state index in [2.05, 4.69) is 38.8 Å². The first-order valence-electron chi connectivity index (χ1n) is 7.30. The second kappa shape index (κ2) is 10.0. The zero-order chi connectivity index (χ0) is 15.8. The average molecular weight is 425 g/mol. The molecule has 5 nitrogen and oxygen atoms in total. The molecule has 0 aliphatic rings. The van der Waals surface area contributed by atoms with E-state index in [0.717, 1.165) is 23.9 Å². The fourth-order valence-corrected chi connectivity index (χ4v) is 2.15. The molecule has 0 amide bonds. The largest absolute Gasteiger partial charge is 0.362 e. The van der Waals surface area contributed by atoms with E-state index in [0.29, 0.717) is 6.54 Å². The fourth-order valence-electron chi connectivity index (χ4n) is 2.15. The first-order valence-corrected chi connectivity index (χ1v) is 7.30. The molecule has 0 atom stereocenters. The van der Waals surface area contributed by atoms with Crippen LogP contribution in [0.3, 0.4) is 0 Å². The van der Waals surface area contributed by atoms with E-state index in [4.69, 9.17) is 0 Å². The minimum absolute atomic E-state index is 0. The molecule has 0 fully saturated rings. The van der Waals surface area contributed by atoms with Crippen molar-refractivity contribution in [1.82, 2.24) is 15.6 Å². The van der Waals surface area contributed by atoms with Crippen LogP contribution in [0.5, 0.6) is 0 Å². The molecule has 1 aromatic carbocycles. The molecule has 0 spiro atoms. The Morgan fingerprint density at radius 3 is 2.39 bits per heavy atom. The minimum Gasteiger partial charge on any atom is -0.362 e. The maximum atomic E-state index is 4.40. The van der Waals surface area contributed by atoms with Crippen molar-refractivity contribution < 1.29 is 0 Å². The molecule has 1 heterocycles. The Hall–Kier alpha value is -1.83. The molecule has 2 N–H and O–H groups in total. The van der Waals surface area contributed by atoms with Crippen LogP contribution >= 0.6 is 24.0 Å². The Kier molecular flexibility index (Phi) is 8.39. The molecular formula is C17H24IN5. The standard InChI is InChI=1S/C17H23N5.HI/c1-18-17(20-12-14-8-5-4-6-9-14)21-13-15-10-7-11-19-16(15)22(2)3;/h4-11H,12-13H2,1-3H3,(H2,18,20,21);1H. The molecule has 0 bridgehead atoms. The highest BCUT2D eigenvalue weighted by atomic mass is 127. The number of aliphatic imine (C=N–C) groups is 1. The predicted octanol–water partition coefficient (Wildman–Crippen LogP) is 2.63. The molecule has 0 aliphatic carbocycles. The number of nitrogens with one attached hydrogen (secondary N) is 2. The maximum Gasteiger partial charge on any atom is 0.191 e. The molecule has 0 radical (unpaired) electrons. The van der Waals surface area contributed by atoms with Crippen LogP contribution in [0.15, 0.2) is 53.7 Å². The van der Waals surface area contributed by atoms with Crippen LogP contribution in [0.2, 0.25) is 0 Å². The van der Waals surface area contributed by atoms with Crippen molar-refractivity contribution in [3.63, 3.8) is 0 Å². The van der Waals surface area contributed by atoms with Crippen LogP contribution in [0.1, 0.15) is 11.1 Å². The number of halogens is 1. The van der Waals surface area contributed by atoms with Gasteiger partial charge in [0.25, 0.3) is 0 Å². The first kappa shape index (κ1) is 19.2. The van der Waals surface area contributed by atoms with Gasteiger partial charge in [-0.2, -0.15) is 0 Å². The summed E-state index contributed by atoms with van der Waals surface area (Å²) in [5.41, 5.74) is 2.36. The molecule has 0 unspecified atom stereocenters. The average Bonchev–Trinajstić information content (AvgIpc) is 2.56. The summed E-state index contributed by atoms with van der Waals surface area (Å²) in [5, 5.41) is 6.63. The van der Waals surface area contributed by atoms with Crippen molar-refractivity contribution in [2.24, 2.45) is 4.99 Å². The third kappa shape index (κ3) is 6.05. The van der Waals surface area contributed by atoms with Crippen molar-refractivity contribution >= 4 is 35.8 Å². The van der Waals surface area contributed by atoms with Gasteiger partial charge in [-0.15, -0.1) is 24.0 Å². The molecule has 0 saturated carbocycles. The predicted molar refractivity (Wildman–Crippen MR) is 107 cm³/mol. The molecular weight excluding hydrogens is 401 g/mol. The van der Waals surface area contributed by atoms with Crippen molar-refractivity contribution in [3.05, 3.63) is 59.8 Å². The van der Waals surface area contributed by atoms with Crippen molar-refractivity contribution in [1.29, 1.82) is 0 Å². The summed E-state index contributed by atoms with van der Waals surface area (Å²) in [7, 11) is 5.76. The highest BCUT2D eigenvalue weighted by molar-refractivity contribution is 14.0. The second-order valence-corrected chi connectivity index (χ2v) is 5.15.